The Labute approximate surface area is 149 Å². The topological polar surface area (TPSA) is 30.2 Å². The molecule has 0 spiro atoms. The first-order chi connectivity index (χ1) is 12.2. The molecule has 3 aromatic carbocycles. The van der Waals surface area contributed by atoms with Crippen molar-refractivity contribution in [2.24, 2.45) is 0 Å². The first kappa shape index (κ1) is 15.6. The molecule has 1 heterocycles. The van der Waals surface area contributed by atoms with E-state index in [1.54, 1.807) is 0 Å². The second-order valence-corrected chi connectivity index (χ2v) is 7.03. The molecule has 3 heteroatoms. The highest BCUT2D eigenvalue weighted by atomic mass is 32.1. The lowest BCUT2D eigenvalue weighted by Gasteiger charge is -1.98. The van der Waals surface area contributed by atoms with Crippen LogP contribution in [-0.2, 0) is 0 Å². The van der Waals surface area contributed by atoms with Crippen molar-refractivity contribution < 1.29 is 4.42 Å². The molecule has 0 saturated carbocycles. The van der Waals surface area contributed by atoms with E-state index in [9.17, 15) is 4.79 Å². The summed E-state index contributed by atoms with van der Waals surface area (Å²) < 4.78 is 6.62. The summed E-state index contributed by atoms with van der Waals surface area (Å²) >= 11 is 1.37. The molecule has 0 aliphatic heterocycles. The molecule has 0 fully saturated rings. The fourth-order valence-electron chi connectivity index (χ4n) is 2.71. The van der Waals surface area contributed by atoms with E-state index in [-0.39, 0.29) is 5.63 Å². The first-order valence-corrected chi connectivity index (χ1v) is 8.88. The molecule has 122 valence electrons. The summed E-state index contributed by atoms with van der Waals surface area (Å²) in [6.07, 6.45) is 3.78. The van der Waals surface area contributed by atoms with Gasteiger partial charge in [0.05, 0.1) is 0 Å². The zero-order valence-corrected chi connectivity index (χ0v) is 14.5. The lowest BCUT2D eigenvalue weighted by molar-refractivity contribution is 0.501. The number of hydrogen-bond donors (Lipinski definition) is 0. The third-order valence-electron chi connectivity index (χ3n) is 4.04. The van der Waals surface area contributed by atoms with Crippen molar-refractivity contribution >= 4 is 34.3 Å². The van der Waals surface area contributed by atoms with Gasteiger partial charge in [0.15, 0.2) is 4.73 Å². The fourth-order valence-corrected chi connectivity index (χ4v) is 3.56. The molecule has 0 N–H and O–H groups in total. The second kappa shape index (κ2) is 6.54. The minimum atomic E-state index is -0.294. The molecule has 4 rings (SSSR count). The zero-order chi connectivity index (χ0) is 17.2. The summed E-state index contributed by atoms with van der Waals surface area (Å²) in [5, 5.41) is 2.36. The fraction of sp³-hybridized carbons (Fsp3) is 0.0455. The van der Waals surface area contributed by atoms with Crippen LogP contribution in [0.4, 0.5) is 0 Å². The van der Waals surface area contributed by atoms with Crippen LogP contribution in [0, 0.1) is 6.92 Å². The van der Waals surface area contributed by atoms with Gasteiger partial charge in [0, 0.05) is 0 Å². The van der Waals surface area contributed by atoms with E-state index in [0.717, 1.165) is 11.1 Å². The van der Waals surface area contributed by atoms with Crippen LogP contribution in [0.25, 0.3) is 22.9 Å². The molecule has 0 atom stereocenters. The normalized spacial score (nSPS) is 12.8. The smallest absolute Gasteiger partial charge is 0.354 e. The highest BCUT2D eigenvalue weighted by Gasteiger charge is 1.99. The average Bonchev–Trinajstić information content (AvgIpc) is 2.96. The van der Waals surface area contributed by atoms with Crippen molar-refractivity contribution in [1.82, 2.24) is 0 Å². The lowest BCUT2D eigenvalue weighted by Crippen LogP contribution is -2.15. The summed E-state index contributed by atoms with van der Waals surface area (Å²) in [5.41, 5.74) is 2.92. The van der Waals surface area contributed by atoms with Crippen molar-refractivity contribution in [3.05, 3.63) is 103 Å². The molecule has 0 aliphatic rings. The van der Waals surface area contributed by atoms with Crippen LogP contribution < -0.4 is 14.9 Å². The van der Waals surface area contributed by atoms with E-state index >= 15 is 0 Å². The Morgan fingerprint density at radius 1 is 0.840 bits per heavy atom. The van der Waals surface area contributed by atoms with Gasteiger partial charge in [-0.1, -0.05) is 77.6 Å². The van der Waals surface area contributed by atoms with Crippen LogP contribution in [0.2, 0.25) is 0 Å². The molecule has 25 heavy (non-hydrogen) atoms. The molecule has 0 amide bonds. The SMILES string of the molecule is Cc1ccc(/C=c2/s/c(=C\c3ccc4ccccc4c3)oc2=O)cc1. The molecule has 2 nitrogen and oxygen atoms in total. The largest absolute Gasteiger partial charge is 0.411 e. The van der Waals surface area contributed by atoms with E-state index in [1.807, 2.05) is 61.5 Å². The van der Waals surface area contributed by atoms with Gasteiger partial charge in [0.2, 0.25) is 0 Å². The Morgan fingerprint density at radius 2 is 1.56 bits per heavy atom. The van der Waals surface area contributed by atoms with Crippen molar-refractivity contribution in [2.75, 3.05) is 0 Å². The van der Waals surface area contributed by atoms with Gasteiger partial charge in [0.25, 0.3) is 0 Å². The summed E-state index contributed by atoms with van der Waals surface area (Å²) in [7, 11) is 0. The summed E-state index contributed by atoms with van der Waals surface area (Å²) in [4.78, 5) is 12.1. The van der Waals surface area contributed by atoms with E-state index < -0.39 is 0 Å². The maximum absolute atomic E-state index is 12.1. The summed E-state index contributed by atoms with van der Waals surface area (Å²) in [6.45, 7) is 2.04. The average molecular weight is 344 g/mol. The molecule has 1 aromatic heterocycles. The van der Waals surface area contributed by atoms with Gasteiger partial charge in [0.1, 0.15) is 4.53 Å². The highest BCUT2D eigenvalue weighted by Crippen LogP contribution is 2.15. The van der Waals surface area contributed by atoms with Crippen molar-refractivity contribution in [2.45, 2.75) is 6.92 Å². The van der Waals surface area contributed by atoms with E-state index in [0.29, 0.717) is 9.26 Å². The molecule has 0 saturated heterocycles. The first-order valence-electron chi connectivity index (χ1n) is 8.06. The Bertz CT molecular complexity index is 1210. The molecule has 0 bridgehead atoms. The monoisotopic (exact) mass is 344 g/mol. The van der Waals surface area contributed by atoms with E-state index in [1.165, 1.54) is 27.7 Å². The van der Waals surface area contributed by atoms with Gasteiger partial charge in [-0.15, -0.1) is 0 Å². The minimum Gasteiger partial charge on any atom is -0.411 e. The highest BCUT2D eigenvalue weighted by molar-refractivity contribution is 7.07. The van der Waals surface area contributed by atoms with Gasteiger partial charge in [-0.05, 0) is 47.0 Å². The number of hydrogen-bond acceptors (Lipinski definition) is 3. The van der Waals surface area contributed by atoms with Crippen LogP contribution in [-0.4, -0.2) is 0 Å². The Balaban J connectivity index is 1.77. The maximum atomic E-state index is 12.1. The van der Waals surface area contributed by atoms with Crippen LogP contribution in [0.15, 0.2) is 75.9 Å². The number of fused-ring (bicyclic) bond motifs is 1. The molecule has 0 unspecified atom stereocenters. The van der Waals surface area contributed by atoms with Gasteiger partial charge < -0.3 is 4.42 Å². The third-order valence-corrected chi connectivity index (χ3v) is 4.94. The van der Waals surface area contributed by atoms with Crippen LogP contribution in [0.1, 0.15) is 16.7 Å². The third kappa shape index (κ3) is 3.47. The van der Waals surface area contributed by atoms with Crippen LogP contribution in [0.5, 0.6) is 0 Å². The minimum absolute atomic E-state index is 0.294. The predicted octanol–water partition coefficient (Wildman–Crippen LogP) is 3.82. The molecule has 4 aromatic rings. The maximum Gasteiger partial charge on any atom is 0.354 e. The second-order valence-electron chi connectivity index (χ2n) is 5.98. The quantitative estimate of drug-likeness (QED) is 0.553. The Kier molecular flexibility index (Phi) is 4.08. The number of aryl methyl sites for hydroxylation is 1. The molecule has 0 radical (unpaired) electrons. The van der Waals surface area contributed by atoms with Gasteiger partial charge in [-0.3, -0.25) is 0 Å². The van der Waals surface area contributed by atoms with Gasteiger partial charge in [-0.2, -0.15) is 0 Å². The van der Waals surface area contributed by atoms with E-state index in [2.05, 4.69) is 24.3 Å². The Morgan fingerprint density at radius 3 is 2.36 bits per heavy atom. The van der Waals surface area contributed by atoms with Gasteiger partial charge >= 0.3 is 5.63 Å². The standard InChI is InChI=1S/C22H16O2S/c1-15-6-8-16(9-7-15)13-20-22(23)24-21(25-20)14-17-10-11-18-4-2-3-5-19(18)12-17/h2-14H,1H3/b20-13+,21-14-. The molecular formula is C22H16O2S. The van der Waals surface area contributed by atoms with Crippen LogP contribution >= 0.6 is 11.3 Å². The molecule has 0 aliphatic carbocycles. The number of benzene rings is 3. The van der Waals surface area contributed by atoms with Crippen LogP contribution in [0.3, 0.4) is 0 Å². The summed E-state index contributed by atoms with van der Waals surface area (Å²) in [5.74, 6) is 0. The zero-order valence-electron chi connectivity index (χ0n) is 13.7. The van der Waals surface area contributed by atoms with Crippen molar-refractivity contribution in [1.29, 1.82) is 0 Å². The number of rotatable bonds is 2. The van der Waals surface area contributed by atoms with E-state index in [4.69, 9.17) is 4.42 Å². The summed E-state index contributed by atoms with van der Waals surface area (Å²) in [6, 6.07) is 22.5. The Hall–Kier alpha value is -2.91. The lowest BCUT2D eigenvalue weighted by atomic mass is 10.1. The van der Waals surface area contributed by atoms with Gasteiger partial charge in [-0.25, -0.2) is 4.79 Å². The molecular weight excluding hydrogens is 328 g/mol. The van der Waals surface area contributed by atoms with Crippen molar-refractivity contribution in [3.63, 3.8) is 0 Å². The predicted molar refractivity (Wildman–Crippen MR) is 104 cm³/mol. The van der Waals surface area contributed by atoms with Crippen molar-refractivity contribution in [3.8, 4) is 0 Å².